The average molecular weight is 429 g/mol. The van der Waals surface area contributed by atoms with Gasteiger partial charge < -0.3 is 10.2 Å². The van der Waals surface area contributed by atoms with Gasteiger partial charge in [0.25, 0.3) is 5.91 Å². The number of hydrogen-bond acceptors (Lipinski definition) is 3. The number of nitrogens with zero attached hydrogens (tertiary/aromatic N) is 2. The number of halogens is 1. The van der Waals surface area contributed by atoms with Crippen molar-refractivity contribution in [2.24, 2.45) is 0 Å². The summed E-state index contributed by atoms with van der Waals surface area (Å²) in [6.07, 6.45) is 8.49. The van der Waals surface area contributed by atoms with Crippen LogP contribution in [0.25, 0.3) is 0 Å². The van der Waals surface area contributed by atoms with E-state index in [1.165, 1.54) is 24.3 Å². The predicted octanol–water partition coefficient (Wildman–Crippen LogP) is 4.09. The monoisotopic (exact) mass is 429 g/mol. The molecule has 0 bridgehead atoms. The second kappa shape index (κ2) is 10.0. The van der Waals surface area contributed by atoms with Crippen LogP contribution in [0.5, 0.6) is 0 Å². The molecule has 0 saturated carbocycles. The van der Waals surface area contributed by atoms with Gasteiger partial charge in [-0.3, -0.25) is 14.6 Å². The fourth-order valence-corrected chi connectivity index (χ4v) is 3.92. The van der Waals surface area contributed by atoms with E-state index in [0.717, 1.165) is 11.1 Å². The summed E-state index contributed by atoms with van der Waals surface area (Å²) >= 11 is 0. The molecule has 2 unspecified atom stereocenters. The average Bonchev–Trinajstić information content (AvgIpc) is 2.84. The van der Waals surface area contributed by atoms with Gasteiger partial charge in [0.2, 0.25) is 5.91 Å². The van der Waals surface area contributed by atoms with Gasteiger partial charge in [-0.1, -0.05) is 54.6 Å². The third kappa shape index (κ3) is 5.09. The molecule has 1 aromatic heterocycles. The maximum atomic E-state index is 13.7. The molecule has 1 aliphatic rings. The highest BCUT2D eigenvalue weighted by molar-refractivity contribution is 5.97. The summed E-state index contributed by atoms with van der Waals surface area (Å²) in [7, 11) is 0. The highest BCUT2D eigenvalue weighted by Crippen LogP contribution is 2.28. The summed E-state index contributed by atoms with van der Waals surface area (Å²) in [4.78, 5) is 32.5. The molecule has 0 saturated heterocycles. The topological polar surface area (TPSA) is 62.3 Å². The van der Waals surface area contributed by atoms with Crippen molar-refractivity contribution in [1.29, 1.82) is 0 Å². The maximum absolute atomic E-state index is 13.7. The van der Waals surface area contributed by atoms with Crippen LogP contribution in [0.1, 0.15) is 33.9 Å². The molecule has 2 atom stereocenters. The lowest BCUT2D eigenvalue weighted by atomic mass is 9.97. The highest BCUT2D eigenvalue weighted by atomic mass is 19.1. The normalized spacial score (nSPS) is 16.4. The molecule has 0 spiro atoms. The van der Waals surface area contributed by atoms with Crippen LogP contribution in [0.2, 0.25) is 0 Å². The summed E-state index contributed by atoms with van der Waals surface area (Å²) in [6.45, 7) is 0.444. The molecule has 162 valence electrons. The van der Waals surface area contributed by atoms with E-state index in [1.54, 1.807) is 17.3 Å². The van der Waals surface area contributed by atoms with Crippen molar-refractivity contribution in [2.75, 3.05) is 6.54 Å². The zero-order chi connectivity index (χ0) is 22.3. The second-order valence-corrected chi connectivity index (χ2v) is 7.73. The molecule has 2 amide bonds. The Morgan fingerprint density at radius 3 is 2.66 bits per heavy atom. The molecular formula is C26H24FN3O2. The van der Waals surface area contributed by atoms with E-state index in [9.17, 15) is 14.0 Å². The second-order valence-electron chi connectivity index (χ2n) is 7.73. The SMILES string of the molecule is O=C(NC(Cc1ccccc1)C(=O)N1CC=CCC1c1cccnc1)c1cccc(F)c1. The van der Waals surface area contributed by atoms with Gasteiger partial charge in [-0.15, -0.1) is 0 Å². The van der Waals surface area contributed by atoms with Crippen molar-refractivity contribution in [3.63, 3.8) is 0 Å². The number of amides is 2. The van der Waals surface area contributed by atoms with Crippen LogP contribution in [-0.4, -0.2) is 34.3 Å². The van der Waals surface area contributed by atoms with E-state index >= 15 is 0 Å². The molecule has 32 heavy (non-hydrogen) atoms. The van der Waals surface area contributed by atoms with Crippen molar-refractivity contribution in [1.82, 2.24) is 15.2 Å². The number of carbonyl (C=O) groups is 2. The number of aromatic nitrogens is 1. The van der Waals surface area contributed by atoms with Crippen LogP contribution in [0.4, 0.5) is 4.39 Å². The summed E-state index contributed by atoms with van der Waals surface area (Å²) in [6, 6.07) is 17.8. The molecule has 0 aliphatic carbocycles. The molecule has 4 rings (SSSR count). The predicted molar refractivity (Wildman–Crippen MR) is 120 cm³/mol. The minimum Gasteiger partial charge on any atom is -0.340 e. The van der Waals surface area contributed by atoms with Gasteiger partial charge in [0.15, 0.2) is 0 Å². The summed E-state index contributed by atoms with van der Waals surface area (Å²) in [5.74, 6) is -1.16. The largest absolute Gasteiger partial charge is 0.340 e. The van der Waals surface area contributed by atoms with Crippen LogP contribution in [0, 0.1) is 5.82 Å². The van der Waals surface area contributed by atoms with Crippen molar-refractivity contribution < 1.29 is 14.0 Å². The zero-order valence-corrected chi connectivity index (χ0v) is 17.5. The number of nitrogens with one attached hydrogen (secondary N) is 1. The van der Waals surface area contributed by atoms with E-state index < -0.39 is 17.8 Å². The Bertz CT molecular complexity index is 1100. The lowest BCUT2D eigenvalue weighted by Crippen LogP contribution is -2.51. The first kappa shape index (κ1) is 21.4. The van der Waals surface area contributed by atoms with Crippen molar-refractivity contribution in [3.05, 3.63) is 114 Å². The van der Waals surface area contributed by atoms with E-state index in [0.29, 0.717) is 19.4 Å². The molecule has 2 aromatic carbocycles. The summed E-state index contributed by atoms with van der Waals surface area (Å²) in [5.41, 5.74) is 2.05. The molecule has 1 N–H and O–H groups in total. The molecule has 0 radical (unpaired) electrons. The van der Waals surface area contributed by atoms with Gasteiger partial charge in [0.05, 0.1) is 6.04 Å². The van der Waals surface area contributed by atoms with Crippen LogP contribution in [0.15, 0.2) is 91.3 Å². The number of benzene rings is 2. The van der Waals surface area contributed by atoms with Crippen molar-refractivity contribution in [2.45, 2.75) is 24.9 Å². The molecule has 2 heterocycles. The number of carbonyl (C=O) groups excluding carboxylic acids is 2. The molecular weight excluding hydrogens is 405 g/mol. The van der Waals surface area contributed by atoms with E-state index in [1.807, 2.05) is 48.5 Å². The van der Waals surface area contributed by atoms with Crippen LogP contribution in [-0.2, 0) is 11.2 Å². The Kier molecular flexibility index (Phi) is 6.70. The van der Waals surface area contributed by atoms with Gasteiger partial charge >= 0.3 is 0 Å². The summed E-state index contributed by atoms with van der Waals surface area (Å²) in [5, 5.41) is 2.84. The Morgan fingerprint density at radius 2 is 1.91 bits per heavy atom. The maximum Gasteiger partial charge on any atom is 0.252 e. The molecule has 1 aliphatic heterocycles. The minimum atomic E-state index is -0.793. The quantitative estimate of drug-likeness (QED) is 0.601. The van der Waals surface area contributed by atoms with Crippen LogP contribution >= 0.6 is 0 Å². The van der Waals surface area contributed by atoms with Gasteiger partial charge in [-0.2, -0.15) is 0 Å². The fourth-order valence-electron chi connectivity index (χ4n) is 3.92. The molecule has 5 nitrogen and oxygen atoms in total. The van der Waals surface area contributed by atoms with Gasteiger partial charge in [-0.25, -0.2) is 4.39 Å². The first-order valence-corrected chi connectivity index (χ1v) is 10.6. The third-order valence-electron chi connectivity index (χ3n) is 5.53. The van der Waals surface area contributed by atoms with Crippen molar-refractivity contribution in [3.8, 4) is 0 Å². The van der Waals surface area contributed by atoms with E-state index in [-0.39, 0.29) is 17.5 Å². The van der Waals surface area contributed by atoms with E-state index in [2.05, 4.69) is 16.4 Å². The standard InChI is InChI=1S/C26H24FN3O2/c27-22-12-6-10-20(17-22)25(31)29-23(16-19-8-2-1-3-9-19)26(32)30-15-5-4-13-24(30)21-11-7-14-28-18-21/h1-12,14,17-18,23-24H,13,15-16H2,(H,29,31). The first-order chi connectivity index (χ1) is 15.6. The zero-order valence-electron chi connectivity index (χ0n) is 17.5. The Morgan fingerprint density at radius 1 is 1.06 bits per heavy atom. The molecule has 3 aromatic rings. The smallest absolute Gasteiger partial charge is 0.252 e. The lowest BCUT2D eigenvalue weighted by molar-refractivity contribution is -0.135. The molecule has 0 fully saturated rings. The van der Waals surface area contributed by atoms with Crippen molar-refractivity contribution >= 4 is 11.8 Å². The first-order valence-electron chi connectivity index (χ1n) is 10.6. The Balaban J connectivity index is 1.61. The lowest BCUT2D eigenvalue weighted by Gasteiger charge is -2.36. The number of hydrogen-bond donors (Lipinski definition) is 1. The van der Waals surface area contributed by atoms with E-state index in [4.69, 9.17) is 0 Å². The summed E-state index contributed by atoms with van der Waals surface area (Å²) < 4.78 is 13.6. The van der Waals surface area contributed by atoms with Gasteiger partial charge in [0.1, 0.15) is 11.9 Å². The Labute approximate surface area is 186 Å². The highest BCUT2D eigenvalue weighted by Gasteiger charge is 2.32. The Hall–Kier alpha value is -3.80. The number of pyridine rings is 1. The number of rotatable bonds is 6. The molecule has 6 heteroatoms. The third-order valence-corrected chi connectivity index (χ3v) is 5.53. The van der Waals surface area contributed by atoms with Crippen LogP contribution in [0.3, 0.4) is 0 Å². The van der Waals surface area contributed by atoms with Gasteiger partial charge in [0, 0.05) is 30.9 Å². The van der Waals surface area contributed by atoms with Crippen LogP contribution < -0.4 is 5.32 Å². The minimum absolute atomic E-state index is 0.162. The van der Waals surface area contributed by atoms with Gasteiger partial charge in [-0.05, 0) is 41.8 Å². The fraction of sp³-hybridized carbons (Fsp3) is 0.192.